The van der Waals surface area contributed by atoms with Crippen molar-refractivity contribution in [3.63, 3.8) is 0 Å². The molecule has 0 amide bonds. The topological polar surface area (TPSA) is 40.7 Å². The van der Waals surface area contributed by atoms with Crippen molar-refractivity contribution in [2.75, 3.05) is 13.1 Å². The van der Waals surface area contributed by atoms with E-state index >= 15 is 0 Å². The third-order valence-corrected chi connectivity index (χ3v) is 6.56. The number of aromatic nitrogens is 2. The number of hydrogen-bond acceptors (Lipinski definition) is 2. The molecule has 27 heavy (non-hydrogen) atoms. The lowest BCUT2D eigenvalue weighted by molar-refractivity contribution is 0.611. The zero-order valence-corrected chi connectivity index (χ0v) is 17.6. The minimum Gasteiger partial charge on any atom is -0.360 e. The van der Waals surface area contributed by atoms with Gasteiger partial charge in [-0.05, 0) is 96.0 Å². The summed E-state index contributed by atoms with van der Waals surface area (Å²) in [5, 5.41) is 5.56. The molecule has 1 aliphatic heterocycles. The number of fused-ring (bicyclic) bond motifs is 4. The van der Waals surface area contributed by atoms with E-state index in [1.54, 1.807) is 0 Å². The van der Waals surface area contributed by atoms with Gasteiger partial charge in [0.2, 0.25) is 0 Å². The van der Waals surface area contributed by atoms with Gasteiger partial charge in [0, 0.05) is 27.8 Å². The van der Waals surface area contributed by atoms with Crippen LogP contribution in [0.2, 0.25) is 5.02 Å². The molecular weight excluding hydrogens is 422 g/mol. The van der Waals surface area contributed by atoms with Crippen LogP contribution in [0.25, 0.3) is 16.5 Å². The molecule has 5 rings (SSSR count). The Bertz CT molecular complexity index is 1090. The SMILES string of the molecule is Cc1c[nH]c2c(Cl)cc3c(c12)C(=C1CCNCC1)c1ncc(Br)cc1CC3. The van der Waals surface area contributed by atoms with E-state index in [0.717, 1.165) is 59.5 Å². The summed E-state index contributed by atoms with van der Waals surface area (Å²) in [5.41, 5.74) is 10.3. The Morgan fingerprint density at radius 2 is 1.85 bits per heavy atom. The van der Waals surface area contributed by atoms with Gasteiger partial charge in [0.1, 0.15) is 0 Å². The molecule has 0 radical (unpaired) electrons. The van der Waals surface area contributed by atoms with Crippen LogP contribution in [0, 0.1) is 6.92 Å². The number of H-pyrrole nitrogens is 1. The lowest BCUT2D eigenvalue weighted by Crippen LogP contribution is -2.24. The van der Waals surface area contributed by atoms with Gasteiger partial charge in [-0.15, -0.1) is 0 Å². The van der Waals surface area contributed by atoms with Crippen molar-refractivity contribution in [1.29, 1.82) is 0 Å². The average molecular weight is 443 g/mol. The van der Waals surface area contributed by atoms with E-state index in [0.29, 0.717) is 0 Å². The summed E-state index contributed by atoms with van der Waals surface area (Å²) in [5.74, 6) is 0. The van der Waals surface area contributed by atoms with Crippen LogP contribution < -0.4 is 5.32 Å². The minimum absolute atomic E-state index is 0.812. The Balaban J connectivity index is 1.91. The second-order valence-corrected chi connectivity index (χ2v) is 8.83. The first-order chi connectivity index (χ1) is 13.1. The van der Waals surface area contributed by atoms with Gasteiger partial charge < -0.3 is 10.3 Å². The first-order valence-electron chi connectivity index (χ1n) is 9.50. The van der Waals surface area contributed by atoms with Crippen molar-refractivity contribution in [1.82, 2.24) is 15.3 Å². The first-order valence-corrected chi connectivity index (χ1v) is 10.7. The van der Waals surface area contributed by atoms with Gasteiger partial charge in [0.25, 0.3) is 0 Å². The molecule has 0 bridgehead atoms. The number of hydrogen-bond donors (Lipinski definition) is 2. The van der Waals surface area contributed by atoms with Crippen molar-refractivity contribution in [2.45, 2.75) is 32.6 Å². The lowest BCUT2D eigenvalue weighted by atomic mass is 9.86. The summed E-state index contributed by atoms with van der Waals surface area (Å²) < 4.78 is 1.04. The maximum atomic E-state index is 6.65. The van der Waals surface area contributed by atoms with E-state index in [1.807, 2.05) is 6.20 Å². The van der Waals surface area contributed by atoms with Crippen LogP contribution in [-0.2, 0) is 12.8 Å². The fourth-order valence-electron chi connectivity index (χ4n) is 4.58. The fraction of sp³-hybridized carbons (Fsp3) is 0.318. The van der Waals surface area contributed by atoms with Crippen molar-refractivity contribution >= 4 is 44.0 Å². The molecule has 3 heterocycles. The highest BCUT2D eigenvalue weighted by Crippen LogP contribution is 2.43. The number of pyridine rings is 1. The maximum absolute atomic E-state index is 6.65. The van der Waals surface area contributed by atoms with Gasteiger partial charge in [-0.2, -0.15) is 0 Å². The first kappa shape index (κ1) is 17.5. The van der Waals surface area contributed by atoms with E-state index in [4.69, 9.17) is 16.6 Å². The number of aromatic amines is 1. The van der Waals surface area contributed by atoms with E-state index in [-0.39, 0.29) is 0 Å². The normalized spacial score (nSPS) is 17.0. The Labute approximate surface area is 172 Å². The van der Waals surface area contributed by atoms with Gasteiger partial charge in [0.05, 0.1) is 16.2 Å². The number of benzene rings is 1. The van der Waals surface area contributed by atoms with Crippen molar-refractivity contribution in [3.8, 4) is 0 Å². The number of halogens is 2. The highest BCUT2D eigenvalue weighted by Gasteiger charge is 2.27. The molecule has 0 unspecified atom stereocenters. The second-order valence-electron chi connectivity index (χ2n) is 7.50. The van der Waals surface area contributed by atoms with Gasteiger partial charge in [-0.3, -0.25) is 4.98 Å². The molecular formula is C22H21BrClN3. The molecule has 3 aromatic rings. The van der Waals surface area contributed by atoms with Gasteiger partial charge >= 0.3 is 0 Å². The molecule has 2 aliphatic rings. The fourth-order valence-corrected chi connectivity index (χ4v) is 5.24. The number of rotatable bonds is 0. The van der Waals surface area contributed by atoms with Crippen LogP contribution in [-0.4, -0.2) is 23.1 Å². The smallest absolute Gasteiger partial charge is 0.0740 e. The van der Waals surface area contributed by atoms with Crippen LogP contribution in [0.1, 0.15) is 40.8 Å². The molecule has 1 aliphatic carbocycles. The van der Waals surface area contributed by atoms with Gasteiger partial charge in [-0.25, -0.2) is 0 Å². The third-order valence-electron chi connectivity index (χ3n) is 5.83. The zero-order valence-electron chi connectivity index (χ0n) is 15.3. The standard InChI is InChI=1S/C22H21BrClN3/c1-12-10-26-22-17(24)9-14-2-3-15-8-16(23)11-27-21(15)20(19(14)18(12)22)13-4-6-25-7-5-13/h8-11,25-26H,2-7H2,1H3. The molecule has 2 N–H and O–H groups in total. The zero-order chi connectivity index (χ0) is 18.5. The summed E-state index contributed by atoms with van der Waals surface area (Å²) in [7, 11) is 0. The minimum atomic E-state index is 0.812. The molecule has 5 heteroatoms. The number of nitrogens with one attached hydrogen (secondary N) is 2. The highest BCUT2D eigenvalue weighted by molar-refractivity contribution is 9.10. The Hall–Kier alpha value is -1.62. The maximum Gasteiger partial charge on any atom is 0.0740 e. The number of aryl methyl sites for hydroxylation is 3. The van der Waals surface area contributed by atoms with Crippen molar-refractivity contribution in [3.05, 3.63) is 67.5 Å². The third kappa shape index (κ3) is 2.86. The molecule has 1 saturated heterocycles. The average Bonchev–Trinajstić information content (AvgIpc) is 2.99. The Morgan fingerprint density at radius 1 is 1.07 bits per heavy atom. The largest absolute Gasteiger partial charge is 0.360 e. The van der Waals surface area contributed by atoms with E-state index in [1.165, 1.54) is 38.8 Å². The molecule has 138 valence electrons. The van der Waals surface area contributed by atoms with Crippen molar-refractivity contribution < 1.29 is 0 Å². The number of piperidine rings is 1. The predicted octanol–water partition coefficient (Wildman–Crippen LogP) is 5.57. The van der Waals surface area contributed by atoms with E-state index < -0.39 is 0 Å². The summed E-state index contributed by atoms with van der Waals surface area (Å²) in [6.45, 7) is 4.23. The van der Waals surface area contributed by atoms with Crippen LogP contribution in [0.5, 0.6) is 0 Å². The molecule has 1 aromatic carbocycles. The van der Waals surface area contributed by atoms with E-state index in [2.05, 4.69) is 51.5 Å². The number of nitrogens with zero attached hydrogens (tertiary/aromatic N) is 1. The van der Waals surface area contributed by atoms with Gasteiger partial charge in [-0.1, -0.05) is 17.2 Å². The molecule has 0 atom stereocenters. The highest BCUT2D eigenvalue weighted by atomic mass is 79.9. The van der Waals surface area contributed by atoms with Crippen LogP contribution in [0.3, 0.4) is 0 Å². The summed E-state index contributed by atoms with van der Waals surface area (Å²) >= 11 is 10.3. The Morgan fingerprint density at radius 3 is 2.67 bits per heavy atom. The Kier molecular flexibility index (Phi) is 4.38. The van der Waals surface area contributed by atoms with Crippen molar-refractivity contribution in [2.24, 2.45) is 0 Å². The predicted molar refractivity (Wildman–Crippen MR) is 116 cm³/mol. The lowest BCUT2D eigenvalue weighted by Gasteiger charge is -2.23. The monoisotopic (exact) mass is 441 g/mol. The van der Waals surface area contributed by atoms with E-state index in [9.17, 15) is 0 Å². The van der Waals surface area contributed by atoms with Crippen LogP contribution in [0.4, 0.5) is 0 Å². The van der Waals surface area contributed by atoms with Crippen LogP contribution in [0.15, 0.2) is 34.6 Å². The summed E-state index contributed by atoms with van der Waals surface area (Å²) in [6, 6.07) is 4.40. The molecule has 0 saturated carbocycles. The second kappa shape index (κ2) is 6.77. The quantitative estimate of drug-likeness (QED) is 0.478. The summed E-state index contributed by atoms with van der Waals surface area (Å²) in [4.78, 5) is 8.30. The molecule has 3 nitrogen and oxygen atoms in total. The summed E-state index contributed by atoms with van der Waals surface area (Å²) in [6.07, 6.45) is 8.11. The molecule has 0 spiro atoms. The van der Waals surface area contributed by atoms with Crippen LogP contribution >= 0.6 is 27.5 Å². The molecule has 1 fully saturated rings. The van der Waals surface area contributed by atoms with Gasteiger partial charge in [0.15, 0.2) is 0 Å². The molecule has 2 aromatic heterocycles.